The van der Waals surface area contributed by atoms with Gasteiger partial charge in [0.15, 0.2) is 0 Å². The first-order chi connectivity index (χ1) is 45.3. The van der Waals surface area contributed by atoms with Crippen LogP contribution in [0.25, 0.3) is 0 Å². The molecule has 0 fully saturated rings. The largest absolute Gasteiger partial charge is 0.494 e. The fourth-order valence-corrected chi connectivity index (χ4v) is 13.5. The van der Waals surface area contributed by atoms with Crippen molar-refractivity contribution in [1.82, 2.24) is 20.3 Å². The third-order valence-electron chi connectivity index (χ3n) is 19.6. The van der Waals surface area contributed by atoms with Crippen LogP contribution in [0.3, 0.4) is 0 Å². The van der Waals surface area contributed by atoms with Gasteiger partial charge < -0.3 is 14.8 Å². The lowest BCUT2D eigenvalue weighted by Gasteiger charge is -2.38. The summed E-state index contributed by atoms with van der Waals surface area (Å²) in [7, 11) is 0. The lowest BCUT2D eigenvalue weighted by Crippen LogP contribution is -2.31. The smallest absolute Gasteiger partial charge is 0.119 e. The first kappa shape index (κ1) is 70.5. The zero-order chi connectivity index (χ0) is 68.9. The minimum atomic E-state index is -0.582. The van der Waals surface area contributed by atoms with Gasteiger partial charge in [-0.15, -0.1) is 5.10 Å². The predicted molar refractivity (Wildman–Crippen MR) is 403 cm³/mol. The van der Waals surface area contributed by atoms with Crippen LogP contribution in [0.2, 0.25) is 0 Å². The van der Waals surface area contributed by atoms with Gasteiger partial charge in [-0.2, -0.15) is 0 Å². The molecule has 1 N–H and O–H groups in total. The van der Waals surface area contributed by atoms with Crippen molar-refractivity contribution in [3.63, 3.8) is 0 Å². The third-order valence-corrected chi connectivity index (χ3v) is 19.6. The number of hydrogen-bond acceptors (Lipinski definition) is 5. The van der Waals surface area contributed by atoms with E-state index < -0.39 is 10.8 Å². The van der Waals surface area contributed by atoms with E-state index in [-0.39, 0.29) is 32.5 Å². The van der Waals surface area contributed by atoms with Crippen LogP contribution in [0.1, 0.15) is 232 Å². The Hall–Kier alpha value is -8.32. The molecule has 0 bridgehead atoms. The number of hydrogen-bond donors (Lipinski definition) is 1. The molecule has 0 atom stereocenters. The van der Waals surface area contributed by atoms with Gasteiger partial charge in [-0.05, 0) is 159 Å². The fraction of sp³-hybridized carbons (Fsp3) is 0.378. The minimum absolute atomic E-state index is 0.0332. The molecule has 1 aromatic heterocycles. The first-order valence-electron chi connectivity index (χ1n) is 35.1. The van der Waals surface area contributed by atoms with Crippen molar-refractivity contribution in [3.05, 3.63) is 319 Å². The molecule has 10 aromatic rings. The van der Waals surface area contributed by atoms with Crippen LogP contribution in [0, 0.1) is 0 Å². The van der Waals surface area contributed by atoms with Crippen LogP contribution in [0.5, 0.6) is 11.5 Å². The molecule has 500 valence electrons. The van der Waals surface area contributed by atoms with Crippen LogP contribution >= 0.6 is 0 Å². The van der Waals surface area contributed by atoms with E-state index in [1.807, 2.05) is 4.68 Å². The molecular formula is C90H108N4O2. The minimum Gasteiger partial charge on any atom is -0.494 e. The molecule has 6 nitrogen and oxygen atoms in total. The van der Waals surface area contributed by atoms with Crippen LogP contribution in [0.4, 0.5) is 0 Å². The predicted octanol–water partition coefficient (Wildman–Crippen LogP) is 21.4. The molecule has 0 saturated carbocycles. The van der Waals surface area contributed by atoms with Gasteiger partial charge in [0.05, 0.1) is 29.7 Å². The summed E-state index contributed by atoms with van der Waals surface area (Å²) in [5, 5.41) is 12.7. The lowest BCUT2D eigenvalue weighted by atomic mass is 9.64. The number of rotatable bonds is 22. The number of ether oxygens (including phenoxy) is 2. The summed E-state index contributed by atoms with van der Waals surface area (Å²) in [5.41, 5.74) is 20.2. The Morgan fingerprint density at radius 2 is 0.552 bits per heavy atom. The van der Waals surface area contributed by atoms with Crippen molar-refractivity contribution < 1.29 is 9.47 Å². The summed E-state index contributed by atoms with van der Waals surface area (Å²) in [4.78, 5) is 0. The molecular weight excluding hydrogens is 1170 g/mol. The fourth-order valence-electron chi connectivity index (χ4n) is 13.5. The summed E-state index contributed by atoms with van der Waals surface area (Å²) < 4.78 is 14.8. The second kappa shape index (κ2) is 28.4. The standard InChI is InChI=1S/C90H108N4O2/c1-83(2,3)66-25-37-72(38-26-66)89(73-39-27-67(28-40-73)84(4,5)6,74-41-29-68(30-42-74)85(7,8)9)78-49-53-81(54-50-78)95-59-19-57-91-62-65-23-21-64(22-24-65)61-80-63-94(93-92-80)58-20-60-96-82-55-51-79(52-56-82)90(75-43-31-69(32-44-75)86(10,11)12,76-45-33-70(34-46-76)87(13,14)15)77-47-35-71(36-48-77)88(16,17)18/h21-56,63,91H,19-20,57-62H2,1-18H3. The Bertz CT molecular complexity index is 3820. The van der Waals surface area contributed by atoms with Crippen LogP contribution < -0.4 is 14.8 Å². The number of nitrogens with zero attached hydrogens (tertiary/aromatic N) is 3. The van der Waals surface area contributed by atoms with E-state index in [9.17, 15) is 0 Å². The molecule has 1 heterocycles. The highest BCUT2D eigenvalue weighted by Crippen LogP contribution is 2.49. The molecule has 0 saturated heterocycles. The summed E-state index contributed by atoms with van der Waals surface area (Å²) in [5.74, 6) is 1.72. The maximum Gasteiger partial charge on any atom is 0.119 e. The maximum atomic E-state index is 6.45. The molecule has 0 aliphatic heterocycles. The molecule has 0 radical (unpaired) electrons. The number of aryl methyl sites for hydroxylation is 1. The van der Waals surface area contributed by atoms with Gasteiger partial charge in [0, 0.05) is 32.1 Å². The van der Waals surface area contributed by atoms with Gasteiger partial charge >= 0.3 is 0 Å². The van der Waals surface area contributed by atoms with E-state index in [1.165, 1.54) is 89.0 Å². The van der Waals surface area contributed by atoms with Gasteiger partial charge in [-0.3, -0.25) is 4.68 Å². The molecule has 0 aliphatic rings. The zero-order valence-corrected chi connectivity index (χ0v) is 61.2. The normalized spacial score (nSPS) is 12.9. The molecule has 0 unspecified atom stereocenters. The van der Waals surface area contributed by atoms with Gasteiger partial charge in [-0.1, -0.05) is 324 Å². The molecule has 9 aromatic carbocycles. The van der Waals surface area contributed by atoms with E-state index in [0.717, 1.165) is 49.5 Å². The Morgan fingerprint density at radius 3 is 0.833 bits per heavy atom. The Balaban J connectivity index is 0.733. The molecule has 0 spiro atoms. The zero-order valence-electron chi connectivity index (χ0n) is 61.2. The third kappa shape index (κ3) is 16.2. The monoisotopic (exact) mass is 1280 g/mol. The quantitative estimate of drug-likeness (QED) is 0.0541. The van der Waals surface area contributed by atoms with Crippen LogP contribution in [-0.2, 0) is 62.8 Å². The van der Waals surface area contributed by atoms with E-state index in [1.54, 1.807) is 0 Å². The molecule has 6 heteroatoms. The average molecular weight is 1280 g/mol. The highest BCUT2D eigenvalue weighted by atomic mass is 16.5. The Morgan fingerprint density at radius 1 is 0.302 bits per heavy atom. The topological polar surface area (TPSA) is 61.2 Å². The highest BCUT2D eigenvalue weighted by molar-refractivity contribution is 5.63. The van der Waals surface area contributed by atoms with E-state index in [0.29, 0.717) is 19.8 Å². The van der Waals surface area contributed by atoms with E-state index >= 15 is 0 Å². The molecule has 10 rings (SSSR count). The van der Waals surface area contributed by atoms with Gasteiger partial charge in [0.1, 0.15) is 11.5 Å². The summed E-state index contributed by atoms with van der Waals surface area (Å²) >= 11 is 0. The van der Waals surface area contributed by atoms with Crippen molar-refractivity contribution in [2.24, 2.45) is 0 Å². The van der Waals surface area contributed by atoms with Gasteiger partial charge in [-0.25, -0.2) is 0 Å². The SMILES string of the molecule is CC(C)(C)c1ccc(C(c2ccc(OCCCNCc3ccc(Cc4cn(CCCOc5ccc(C(c6ccc(C(C)(C)C)cc6)(c6ccc(C(C)(C)C)cc6)c6ccc(C(C)(C)C)cc6)cc5)nn4)cc3)cc2)(c2ccc(C(C)(C)C)cc2)c2ccc(C(C)(C)C)cc2)cc1. The molecule has 0 aliphatic carbocycles. The van der Waals surface area contributed by atoms with Crippen LogP contribution in [-0.4, -0.2) is 34.8 Å². The van der Waals surface area contributed by atoms with Crippen molar-refractivity contribution in [3.8, 4) is 11.5 Å². The molecule has 96 heavy (non-hydrogen) atoms. The van der Waals surface area contributed by atoms with Crippen LogP contribution in [0.15, 0.2) is 225 Å². The Labute approximate surface area is 577 Å². The van der Waals surface area contributed by atoms with Crippen molar-refractivity contribution >= 4 is 0 Å². The second-order valence-corrected chi connectivity index (χ2v) is 33.1. The summed E-state index contributed by atoms with van der Waals surface area (Å²) in [6.45, 7) is 44.6. The summed E-state index contributed by atoms with van der Waals surface area (Å²) in [6, 6.07) is 82.6. The average Bonchev–Trinajstić information content (AvgIpc) is 0.802. The van der Waals surface area contributed by atoms with E-state index in [2.05, 4.69) is 365 Å². The van der Waals surface area contributed by atoms with Crippen molar-refractivity contribution in [1.29, 1.82) is 0 Å². The van der Waals surface area contributed by atoms with Crippen molar-refractivity contribution in [2.45, 2.75) is 200 Å². The highest BCUT2D eigenvalue weighted by Gasteiger charge is 2.41. The first-order valence-corrected chi connectivity index (χ1v) is 35.1. The second-order valence-electron chi connectivity index (χ2n) is 33.1. The Kier molecular flexibility index (Phi) is 20.9. The number of aromatic nitrogens is 3. The molecule has 0 amide bonds. The van der Waals surface area contributed by atoms with Gasteiger partial charge in [0.2, 0.25) is 0 Å². The number of nitrogens with one attached hydrogen (secondary N) is 1. The maximum absolute atomic E-state index is 6.45. The van der Waals surface area contributed by atoms with Gasteiger partial charge in [0.25, 0.3) is 0 Å². The van der Waals surface area contributed by atoms with E-state index in [4.69, 9.17) is 9.47 Å². The summed E-state index contributed by atoms with van der Waals surface area (Å²) in [6.07, 6.45) is 4.47. The van der Waals surface area contributed by atoms with Crippen molar-refractivity contribution in [2.75, 3.05) is 19.8 Å². The number of benzene rings is 9. The lowest BCUT2D eigenvalue weighted by molar-refractivity contribution is 0.298.